The molecule has 0 aromatic carbocycles. The normalized spacial score (nSPS) is 24.7. The van der Waals surface area contributed by atoms with Crippen LogP contribution in [0.1, 0.15) is 40.5 Å². The van der Waals surface area contributed by atoms with Gasteiger partial charge in [0.05, 0.1) is 6.54 Å². The van der Waals surface area contributed by atoms with E-state index in [4.69, 9.17) is 0 Å². The molecule has 0 saturated carbocycles. The Kier molecular flexibility index (Phi) is 7.39. The molecule has 2 N–H and O–H groups in total. The van der Waals surface area contributed by atoms with Gasteiger partial charge in [0.2, 0.25) is 5.91 Å². The highest BCUT2D eigenvalue weighted by Crippen LogP contribution is 2.16. The van der Waals surface area contributed by atoms with E-state index in [1.165, 1.54) is 6.42 Å². The van der Waals surface area contributed by atoms with Crippen LogP contribution in [0.2, 0.25) is 0 Å². The van der Waals surface area contributed by atoms with Crippen LogP contribution in [0.15, 0.2) is 0 Å². The van der Waals surface area contributed by atoms with Gasteiger partial charge in [-0.05, 0) is 31.2 Å². The van der Waals surface area contributed by atoms with Gasteiger partial charge >= 0.3 is 0 Å². The average molecular weight is 269 g/mol. The number of carbonyl (C=O) groups excluding carboxylic acids is 1. The van der Waals surface area contributed by atoms with E-state index in [9.17, 15) is 4.79 Å². The predicted molar refractivity (Wildman–Crippen MR) is 80.2 cm³/mol. The first-order valence-electron chi connectivity index (χ1n) is 7.75. The minimum Gasteiger partial charge on any atom is -0.355 e. The number of likely N-dealkylation sites (tertiary alicyclic amines) is 1. The molecule has 4 nitrogen and oxygen atoms in total. The van der Waals surface area contributed by atoms with Crippen LogP contribution in [0, 0.1) is 11.8 Å². The first-order valence-corrected chi connectivity index (χ1v) is 7.75. The molecule has 0 aromatic heterocycles. The Bertz CT molecular complexity index is 268. The number of amides is 1. The fourth-order valence-electron chi connectivity index (χ4n) is 2.59. The largest absolute Gasteiger partial charge is 0.355 e. The van der Waals surface area contributed by atoms with Crippen molar-refractivity contribution in [3.63, 3.8) is 0 Å². The molecule has 0 radical (unpaired) electrons. The van der Waals surface area contributed by atoms with Gasteiger partial charge in [-0.1, -0.05) is 27.7 Å². The van der Waals surface area contributed by atoms with Gasteiger partial charge < -0.3 is 10.6 Å². The lowest BCUT2D eigenvalue weighted by Crippen LogP contribution is -2.50. The third kappa shape index (κ3) is 6.39. The van der Waals surface area contributed by atoms with Gasteiger partial charge in [-0.25, -0.2) is 0 Å². The Morgan fingerprint density at radius 3 is 2.74 bits per heavy atom. The zero-order valence-electron chi connectivity index (χ0n) is 13.0. The van der Waals surface area contributed by atoms with Gasteiger partial charge in [0, 0.05) is 25.7 Å². The van der Waals surface area contributed by atoms with Crippen molar-refractivity contribution < 1.29 is 4.79 Å². The summed E-state index contributed by atoms with van der Waals surface area (Å²) in [5.74, 6) is 1.31. The van der Waals surface area contributed by atoms with Gasteiger partial charge in [-0.3, -0.25) is 9.69 Å². The summed E-state index contributed by atoms with van der Waals surface area (Å²) in [6.45, 7) is 13.2. The van der Waals surface area contributed by atoms with Crippen LogP contribution in [-0.2, 0) is 4.79 Å². The molecule has 19 heavy (non-hydrogen) atoms. The van der Waals surface area contributed by atoms with Crippen LogP contribution in [0.25, 0.3) is 0 Å². The van der Waals surface area contributed by atoms with Crippen LogP contribution in [0.4, 0.5) is 0 Å². The SMILES string of the molecule is CCCNC1CCN(CC(=O)NCC(C)C)CC1C. The van der Waals surface area contributed by atoms with Gasteiger partial charge in [-0.2, -0.15) is 0 Å². The number of nitrogens with zero attached hydrogens (tertiary/aromatic N) is 1. The molecule has 1 fully saturated rings. The third-order valence-electron chi connectivity index (χ3n) is 3.72. The lowest BCUT2D eigenvalue weighted by atomic mass is 9.93. The molecule has 0 aromatic rings. The standard InChI is InChI=1S/C15H31N3O/c1-5-7-16-14-6-8-18(10-13(14)4)11-15(19)17-9-12(2)3/h12-14,16H,5-11H2,1-4H3,(H,17,19). The second-order valence-corrected chi connectivity index (χ2v) is 6.26. The van der Waals surface area contributed by atoms with E-state index in [2.05, 4.69) is 43.2 Å². The monoisotopic (exact) mass is 269 g/mol. The van der Waals surface area contributed by atoms with Crippen molar-refractivity contribution >= 4 is 5.91 Å². The van der Waals surface area contributed by atoms with E-state index in [0.29, 0.717) is 24.4 Å². The Labute approximate surface area is 118 Å². The summed E-state index contributed by atoms with van der Waals surface area (Å²) in [7, 11) is 0. The molecule has 0 aliphatic carbocycles. The third-order valence-corrected chi connectivity index (χ3v) is 3.72. The van der Waals surface area contributed by atoms with E-state index in [1.807, 2.05) is 0 Å². The molecule has 0 spiro atoms. The van der Waals surface area contributed by atoms with Crippen molar-refractivity contribution in [1.82, 2.24) is 15.5 Å². The molecule has 1 aliphatic heterocycles. The highest BCUT2D eigenvalue weighted by molar-refractivity contribution is 5.78. The summed E-state index contributed by atoms with van der Waals surface area (Å²) >= 11 is 0. The Hall–Kier alpha value is -0.610. The van der Waals surface area contributed by atoms with Crippen molar-refractivity contribution in [2.24, 2.45) is 11.8 Å². The number of nitrogens with one attached hydrogen (secondary N) is 2. The van der Waals surface area contributed by atoms with Crippen LogP contribution in [0.3, 0.4) is 0 Å². The molecular weight excluding hydrogens is 238 g/mol. The van der Waals surface area contributed by atoms with E-state index in [1.54, 1.807) is 0 Å². The minimum atomic E-state index is 0.167. The van der Waals surface area contributed by atoms with Gasteiger partial charge in [0.1, 0.15) is 0 Å². The smallest absolute Gasteiger partial charge is 0.234 e. The van der Waals surface area contributed by atoms with E-state index < -0.39 is 0 Å². The molecule has 2 atom stereocenters. The van der Waals surface area contributed by atoms with E-state index in [-0.39, 0.29) is 5.91 Å². The topological polar surface area (TPSA) is 44.4 Å². The number of carbonyl (C=O) groups is 1. The molecule has 4 heteroatoms. The number of piperidine rings is 1. The zero-order valence-corrected chi connectivity index (χ0v) is 13.0. The predicted octanol–water partition coefficient (Wildman–Crippen LogP) is 1.47. The first-order chi connectivity index (χ1) is 9.02. The molecule has 1 aliphatic rings. The van der Waals surface area contributed by atoms with Gasteiger partial charge in [0.15, 0.2) is 0 Å². The Morgan fingerprint density at radius 1 is 1.42 bits per heavy atom. The quantitative estimate of drug-likeness (QED) is 0.735. The highest BCUT2D eigenvalue weighted by atomic mass is 16.2. The van der Waals surface area contributed by atoms with Crippen LogP contribution >= 0.6 is 0 Å². The number of rotatable bonds is 7. The molecule has 1 rings (SSSR count). The molecular formula is C15H31N3O. The summed E-state index contributed by atoms with van der Waals surface area (Å²) in [5, 5.41) is 6.60. The molecule has 0 bridgehead atoms. The average Bonchev–Trinajstić information content (AvgIpc) is 2.35. The summed E-state index contributed by atoms with van der Waals surface area (Å²) in [4.78, 5) is 14.1. The van der Waals surface area contributed by atoms with Crippen molar-refractivity contribution in [3.05, 3.63) is 0 Å². The van der Waals surface area contributed by atoms with Crippen molar-refractivity contribution in [1.29, 1.82) is 0 Å². The fourth-order valence-corrected chi connectivity index (χ4v) is 2.59. The maximum atomic E-state index is 11.8. The summed E-state index contributed by atoms with van der Waals surface area (Å²) in [5.41, 5.74) is 0. The fraction of sp³-hybridized carbons (Fsp3) is 0.933. The molecule has 1 heterocycles. The molecule has 1 saturated heterocycles. The number of hydrogen-bond donors (Lipinski definition) is 2. The van der Waals surface area contributed by atoms with E-state index >= 15 is 0 Å². The molecule has 1 amide bonds. The van der Waals surface area contributed by atoms with Gasteiger partial charge in [-0.15, -0.1) is 0 Å². The van der Waals surface area contributed by atoms with Crippen LogP contribution in [0.5, 0.6) is 0 Å². The highest BCUT2D eigenvalue weighted by Gasteiger charge is 2.26. The maximum Gasteiger partial charge on any atom is 0.234 e. The lowest BCUT2D eigenvalue weighted by molar-refractivity contribution is -0.122. The second-order valence-electron chi connectivity index (χ2n) is 6.26. The van der Waals surface area contributed by atoms with Crippen molar-refractivity contribution in [2.75, 3.05) is 32.7 Å². The zero-order chi connectivity index (χ0) is 14.3. The van der Waals surface area contributed by atoms with Crippen molar-refractivity contribution in [3.8, 4) is 0 Å². The molecule has 2 unspecified atom stereocenters. The lowest BCUT2D eigenvalue weighted by Gasteiger charge is -2.37. The number of hydrogen-bond acceptors (Lipinski definition) is 3. The summed E-state index contributed by atoms with van der Waals surface area (Å²) in [6, 6.07) is 0.620. The van der Waals surface area contributed by atoms with Gasteiger partial charge in [0.25, 0.3) is 0 Å². The van der Waals surface area contributed by atoms with Crippen molar-refractivity contribution in [2.45, 2.75) is 46.6 Å². The Balaban J connectivity index is 2.25. The summed E-state index contributed by atoms with van der Waals surface area (Å²) in [6.07, 6.45) is 2.34. The first kappa shape index (κ1) is 16.4. The van der Waals surface area contributed by atoms with Crippen LogP contribution in [-0.4, -0.2) is 49.6 Å². The maximum absolute atomic E-state index is 11.8. The minimum absolute atomic E-state index is 0.167. The Morgan fingerprint density at radius 2 is 2.16 bits per heavy atom. The molecule has 112 valence electrons. The van der Waals surface area contributed by atoms with Crippen LogP contribution < -0.4 is 10.6 Å². The summed E-state index contributed by atoms with van der Waals surface area (Å²) < 4.78 is 0. The van der Waals surface area contributed by atoms with E-state index in [0.717, 1.165) is 32.6 Å². The second kappa shape index (κ2) is 8.54.